The van der Waals surface area contributed by atoms with Crippen molar-refractivity contribution < 1.29 is 18.4 Å². The number of hydrogen-bond donors (Lipinski definition) is 0. The average Bonchev–Trinajstić information content (AvgIpc) is 2.14. The molecule has 4 heteroatoms. The van der Waals surface area contributed by atoms with Gasteiger partial charge in [-0.2, -0.15) is 8.78 Å². The molecule has 0 saturated heterocycles. The van der Waals surface area contributed by atoms with Gasteiger partial charge in [0.2, 0.25) is 5.78 Å². The van der Waals surface area contributed by atoms with Crippen molar-refractivity contribution in [2.75, 3.05) is 0 Å². The Kier molecular flexibility index (Phi) is 5.50. The van der Waals surface area contributed by atoms with Crippen LogP contribution in [0.4, 0.5) is 8.78 Å². The molecule has 0 bridgehead atoms. The fourth-order valence-corrected chi connectivity index (χ4v) is 0.968. The van der Waals surface area contributed by atoms with Crippen LogP contribution in [0.5, 0.6) is 0 Å². The quantitative estimate of drug-likeness (QED) is 0.600. The largest absolute Gasteiger partial charge is 0.305 e. The van der Waals surface area contributed by atoms with Crippen molar-refractivity contribution in [1.29, 1.82) is 0 Å². The van der Waals surface area contributed by atoms with Gasteiger partial charge in [-0.05, 0) is 6.42 Å². The van der Waals surface area contributed by atoms with Crippen molar-refractivity contribution in [2.24, 2.45) is 0 Å². The molecular formula is C10H16F2O2. The molecule has 0 radical (unpaired) electrons. The Hall–Kier alpha value is -0.800. The van der Waals surface area contributed by atoms with Crippen molar-refractivity contribution in [2.45, 2.75) is 51.9 Å². The molecule has 0 aromatic heterocycles. The second-order valence-electron chi connectivity index (χ2n) is 3.30. The van der Waals surface area contributed by atoms with Gasteiger partial charge in [-0.1, -0.05) is 20.3 Å². The second-order valence-corrected chi connectivity index (χ2v) is 3.30. The highest BCUT2D eigenvalue weighted by atomic mass is 19.3. The highest BCUT2D eigenvalue weighted by molar-refractivity contribution is 6.02. The normalized spacial score (nSPS) is 11.4. The topological polar surface area (TPSA) is 34.1 Å². The Morgan fingerprint density at radius 3 is 2.21 bits per heavy atom. The summed E-state index contributed by atoms with van der Waals surface area (Å²) in [4.78, 5) is 21.9. The van der Waals surface area contributed by atoms with Crippen LogP contribution in [-0.2, 0) is 9.59 Å². The van der Waals surface area contributed by atoms with E-state index in [1.807, 2.05) is 6.92 Å². The molecule has 0 heterocycles. The molecule has 0 fully saturated rings. The molecule has 0 amide bonds. The van der Waals surface area contributed by atoms with Gasteiger partial charge in [0.1, 0.15) is 5.78 Å². The van der Waals surface area contributed by atoms with Crippen LogP contribution < -0.4 is 0 Å². The zero-order valence-corrected chi connectivity index (χ0v) is 8.61. The monoisotopic (exact) mass is 206 g/mol. The number of alkyl halides is 2. The summed E-state index contributed by atoms with van der Waals surface area (Å²) in [6.45, 7) is 3.13. The smallest absolute Gasteiger partial charge is 0.299 e. The van der Waals surface area contributed by atoms with E-state index in [9.17, 15) is 18.4 Å². The zero-order valence-electron chi connectivity index (χ0n) is 8.61. The van der Waals surface area contributed by atoms with E-state index < -0.39 is 24.5 Å². The van der Waals surface area contributed by atoms with Gasteiger partial charge in [0, 0.05) is 12.8 Å². The summed E-state index contributed by atoms with van der Waals surface area (Å²) < 4.78 is 25.5. The van der Waals surface area contributed by atoms with Crippen molar-refractivity contribution in [3.05, 3.63) is 0 Å². The van der Waals surface area contributed by atoms with Gasteiger partial charge in [-0.25, -0.2) is 0 Å². The fourth-order valence-electron chi connectivity index (χ4n) is 0.968. The van der Waals surface area contributed by atoms with Crippen LogP contribution in [0, 0.1) is 0 Å². The van der Waals surface area contributed by atoms with Crippen LogP contribution in [0.1, 0.15) is 46.0 Å². The molecule has 0 spiro atoms. The van der Waals surface area contributed by atoms with Crippen molar-refractivity contribution in [3.63, 3.8) is 0 Å². The number of carbonyl (C=O) groups is 2. The number of hydrogen-bond acceptors (Lipinski definition) is 2. The molecule has 2 nitrogen and oxygen atoms in total. The van der Waals surface area contributed by atoms with Gasteiger partial charge < -0.3 is 0 Å². The molecule has 0 aromatic carbocycles. The van der Waals surface area contributed by atoms with Crippen LogP contribution in [0.25, 0.3) is 0 Å². The lowest BCUT2D eigenvalue weighted by Gasteiger charge is -2.11. The molecule has 0 N–H and O–H groups in total. The summed E-state index contributed by atoms with van der Waals surface area (Å²) in [5.74, 6) is -4.96. The van der Waals surface area contributed by atoms with Gasteiger partial charge in [-0.3, -0.25) is 9.59 Å². The second kappa shape index (κ2) is 5.83. The molecule has 14 heavy (non-hydrogen) atoms. The van der Waals surface area contributed by atoms with Crippen LogP contribution in [0.2, 0.25) is 0 Å². The first-order chi connectivity index (χ1) is 6.44. The summed E-state index contributed by atoms with van der Waals surface area (Å²) in [7, 11) is 0. The molecule has 0 saturated carbocycles. The van der Waals surface area contributed by atoms with Gasteiger partial charge in [-0.15, -0.1) is 0 Å². The standard InChI is InChI=1S/C10H16F2O2/c1-3-5-6-8(13)7-9(14)10(11,12)4-2/h3-7H2,1-2H3. The van der Waals surface area contributed by atoms with E-state index in [0.29, 0.717) is 6.42 Å². The third kappa shape index (κ3) is 4.44. The lowest BCUT2D eigenvalue weighted by atomic mass is 10.0. The predicted octanol–water partition coefficient (Wildman–Crippen LogP) is 2.75. The third-order valence-electron chi connectivity index (χ3n) is 2.02. The first-order valence-electron chi connectivity index (χ1n) is 4.86. The van der Waals surface area contributed by atoms with Gasteiger partial charge in [0.25, 0.3) is 0 Å². The molecule has 0 aliphatic heterocycles. The number of carbonyl (C=O) groups excluding carboxylic acids is 2. The highest BCUT2D eigenvalue weighted by Gasteiger charge is 2.36. The minimum Gasteiger partial charge on any atom is -0.299 e. The maximum absolute atomic E-state index is 12.7. The van der Waals surface area contributed by atoms with Gasteiger partial charge in [0.05, 0.1) is 6.42 Å². The van der Waals surface area contributed by atoms with Crippen LogP contribution in [-0.4, -0.2) is 17.5 Å². The molecule has 0 aliphatic rings. The summed E-state index contributed by atoms with van der Waals surface area (Å²) in [6.07, 6.45) is 0.545. The Bertz CT molecular complexity index is 212. The Morgan fingerprint density at radius 1 is 1.21 bits per heavy atom. The third-order valence-corrected chi connectivity index (χ3v) is 2.02. The SMILES string of the molecule is CCCCC(=O)CC(=O)C(F)(F)CC. The molecule has 0 aromatic rings. The van der Waals surface area contributed by atoms with Crippen LogP contribution in [0.15, 0.2) is 0 Å². The maximum atomic E-state index is 12.7. The van der Waals surface area contributed by atoms with Crippen LogP contribution in [0.3, 0.4) is 0 Å². The Morgan fingerprint density at radius 2 is 1.79 bits per heavy atom. The molecule has 0 rings (SSSR count). The fraction of sp³-hybridized carbons (Fsp3) is 0.800. The van der Waals surface area contributed by atoms with Crippen molar-refractivity contribution in [1.82, 2.24) is 0 Å². The minimum atomic E-state index is -3.33. The Labute approximate surface area is 82.7 Å². The molecule has 0 aliphatic carbocycles. The van der Waals surface area contributed by atoms with E-state index in [0.717, 1.165) is 6.42 Å². The summed E-state index contributed by atoms with van der Waals surface area (Å²) >= 11 is 0. The summed E-state index contributed by atoms with van der Waals surface area (Å²) in [5, 5.41) is 0. The van der Waals surface area contributed by atoms with E-state index in [1.165, 1.54) is 6.92 Å². The lowest BCUT2D eigenvalue weighted by molar-refractivity contribution is -0.145. The number of Topliss-reactive ketones (excluding diaryl/α,β-unsaturated/α-hetero) is 2. The van der Waals surface area contributed by atoms with E-state index in [2.05, 4.69) is 0 Å². The minimum absolute atomic E-state index is 0.224. The van der Waals surface area contributed by atoms with E-state index >= 15 is 0 Å². The number of halogens is 2. The van der Waals surface area contributed by atoms with Crippen LogP contribution >= 0.6 is 0 Å². The molecule has 0 atom stereocenters. The van der Waals surface area contributed by atoms with E-state index in [-0.39, 0.29) is 12.2 Å². The maximum Gasteiger partial charge on any atom is 0.305 e. The Balaban J connectivity index is 4.00. The van der Waals surface area contributed by atoms with E-state index in [1.54, 1.807) is 0 Å². The summed E-state index contributed by atoms with van der Waals surface area (Å²) in [6, 6.07) is 0. The van der Waals surface area contributed by atoms with Crippen molar-refractivity contribution >= 4 is 11.6 Å². The van der Waals surface area contributed by atoms with Gasteiger partial charge >= 0.3 is 5.92 Å². The number of ketones is 2. The molecule has 0 unspecified atom stereocenters. The van der Waals surface area contributed by atoms with E-state index in [4.69, 9.17) is 0 Å². The number of rotatable bonds is 7. The van der Waals surface area contributed by atoms with Crippen molar-refractivity contribution in [3.8, 4) is 0 Å². The first-order valence-corrected chi connectivity index (χ1v) is 4.86. The summed E-state index contributed by atoms with van der Waals surface area (Å²) in [5.41, 5.74) is 0. The first kappa shape index (κ1) is 13.2. The zero-order chi connectivity index (χ0) is 11.2. The molecular weight excluding hydrogens is 190 g/mol. The number of unbranched alkanes of at least 4 members (excludes halogenated alkanes) is 1. The molecule has 82 valence electrons. The van der Waals surface area contributed by atoms with Gasteiger partial charge in [0.15, 0.2) is 0 Å². The lowest BCUT2D eigenvalue weighted by Crippen LogP contribution is -2.29. The average molecular weight is 206 g/mol. The predicted molar refractivity (Wildman–Crippen MR) is 49.4 cm³/mol. The highest BCUT2D eigenvalue weighted by Crippen LogP contribution is 2.21.